The van der Waals surface area contributed by atoms with E-state index in [9.17, 15) is 23.1 Å². The maximum absolute atomic E-state index is 13.9. The van der Waals surface area contributed by atoms with Gasteiger partial charge in [0.25, 0.3) is 0 Å². The van der Waals surface area contributed by atoms with Gasteiger partial charge in [-0.1, -0.05) is 35.1 Å². The summed E-state index contributed by atoms with van der Waals surface area (Å²) in [7, 11) is 0. The number of rotatable bonds is 6. The third-order valence-electron chi connectivity index (χ3n) is 6.37. The van der Waals surface area contributed by atoms with E-state index in [0.29, 0.717) is 51.2 Å². The lowest BCUT2D eigenvalue weighted by Crippen LogP contribution is -2.20. The van der Waals surface area contributed by atoms with Crippen molar-refractivity contribution < 1.29 is 28.2 Å². The van der Waals surface area contributed by atoms with E-state index >= 15 is 0 Å². The molecule has 0 saturated carbocycles. The van der Waals surface area contributed by atoms with E-state index in [1.54, 1.807) is 24.4 Å². The molecule has 5 rings (SSSR count). The highest BCUT2D eigenvalue weighted by Crippen LogP contribution is 2.40. The van der Waals surface area contributed by atoms with Gasteiger partial charge in [-0.15, -0.1) is 0 Å². The lowest BCUT2D eigenvalue weighted by molar-refractivity contribution is -0.139. The molecule has 1 aromatic heterocycles. The van der Waals surface area contributed by atoms with Crippen LogP contribution in [0.15, 0.2) is 46.6 Å². The highest BCUT2D eigenvalue weighted by molar-refractivity contribution is 7.17. The van der Waals surface area contributed by atoms with Crippen LogP contribution < -0.4 is 15.5 Å². The molecule has 1 saturated heterocycles. The summed E-state index contributed by atoms with van der Waals surface area (Å²) in [5.41, 5.74) is 0.319. The first-order valence-electron chi connectivity index (χ1n) is 11.4. The van der Waals surface area contributed by atoms with Crippen molar-refractivity contribution in [3.63, 3.8) is 0 Å². The van der Waals surface area contributed by atoms with E-state index in [4.69, 9.17) is 16.7 Å². The van der Waals surface area contributed by atoms with E-state index in [0.717, 1.165) is 6.07 Å². The Morgan fingerprint density at radius 3 is 2.78 bits per heavy atom. The number of carboxylic acids is 1. The van der Waals surface area contributed by atoms with Crippen molar-refractivity contribution >= 4 is 45.8 Å². The van der Waals surface area contributed by atoms with Gasteiger partial charge in [0, 0.05) is 36.5 Å². The van der Waals surface area contributed by atoms with Crippen LogP contribution in [0, 0.1) is 5.92 Å². The maximum atomic E-state index is 13.9. The van der Waals surface area contributed by atoms with Crippen molar-refractivity contribution in [2.24, 2.45) is 16.1 Å². The molecule has 2 aliphatic rings. The number of nitrogens with zero attached hydrogens (tertiary/aromatic N) is 4. The molecule has 2 aromatic carbocycles. The zero-order valence-electron chi connectivity index (χ0n) is 19.2. The van der Waals surface area contributed by atoms with Gasteiger partial charge >= 0.3 is 12.1 Å². The second kappa shape index (κ2) is 9.79. The summed E-state index contributed by atoms with van der Waals surface area (Å²) in [5.74, 6) is -1.21. The zero-order chi connectivity index (χ0) is 26.3. The number of aromatic nitrogens is 1. The second-order valence-corrected chi connectivity index (χ2v) is 10.3. The van der Waals surface area contributed by atoms with Crippen molar-refractivity contribution in [1.29, 1.82) is 0 Å². The number of aromatic hydroxyl groups is 1. The number of halogens is 4. The van der Waals surface area contributed by atoms with Crippen LogP contribution in [0.2, 0.25) is 5.02 Å². The highest BCUT2D eigenvalue weighted by Gasteiger charge is 2.34. The third kappa shape index (κ3) is 5.33. The number of fused-ring (bicyclic) bond motifs is 1. The van der Waals surface area contributed by atoms with Gasteiger partial charge in [0.2, 0.25) is 5.88 Å². The smallest absolute Gasteiger partial charge is 0.416 e. The molecule has 0 bridgehead atoms. The fourth-order valence-corrected chi connectivity index (χ4v) is 5.85. The summed E-state index contributed by atoms with van der Waals surface area (Å²) in [6.07, 6.45) is -2.49. The molecule has 2 aliphatic heterocycles. The van der Waals surface area contributed by atoms with Crippen molar-refractivity contribution in [1.82, 2.24) is 4.98 Å². The third-order valence-corrected chi connectivity index (χ3v) is 7.77. The van der Waals surface area contributed by atoms with Crippen molar-refractivity contribution in [2.45, 2.75) is 25.4 Å². The number of aliphatic carboxylic acids is 1. The lowest BCUT2D eigenvalue weighted by atomic mass is 9.96. The number of anilines is 1. The minimum Gasteiger partial charge on any atom is -0.492 e. The Hall–Kier alpha value is -3.44. The normalized spacial score (nSPS) is 17.6. The average Bonchev–Trinajstić information content (AvgIpc) is 3.56. The summed E-state index contributed by atoms with van der Waals surface area (Å²) in [6.45, 7) is 1.05. The molecule has 1 fully saturated rings. The Labute approximate surface area is 217 Å². The first kappa shape index (κ1) is 25.2. The molecule has 1 unspecified atom stereocenters. The van der Waals surface area contributed by atoms with E-state index in [1.807, 2.05) is 4.90 Å². The Kier molecular flexibility index (Phi) is 6.67. The predicted molar refractivity (Wildman–Crippen MR) is 134 cm³/mol. The second-order valence-electron chi connectivity index (χ2n) is 8.92. The quantitative estimate of drug-likeness (QED) is 0.480. The molecule has 7 nitrogen and oxygen atoms in total. The van der Waals surface area contributed by atoms with Crippen molar-refractivity contribution in [3.8, 4) is 5.88 Å². The van der Waals surface area contributed by atoms with E-state index < -0.39 is 17.7 Å². The summed E-state index contributed by atoms with van der Waals surface area (Å²) in [6, 6.07) is 8.86. The first-order valence-corrected chi connectivity index (χ1v) is 12.5. The Balaban J connectivity index is 1.60. The Morgan fingerprint density at radius 1 is 1.22 bits per heavy atom. The zero-order valence-corrected chi connectivity index (χ0v) is 20.7. The minimum atomic E-state index is -4.62. The molecule has 3 aromatic rings. The Morgan fingerprint density at radius 2 is 2.03 bits per heavy atom. The summed E-state index contributed by atoms with van der Waals surface area (Å²) >= 11 is 7.05. The van der Waals surface area contributed by atoms with Crippen LogP contribution in [-0.4, -0.2) is 40.5 Å². The monoisotopic (exact) mass is 548 g/mol. The molecule has 0 spiro atoms. The number of alkyl halides is 3. The summed E-state index contributed by atoms with van der Waals surface area (Å²) in [4.78, 5) is 17.6. The Bertz CT molecular complexity index is 1540. The predicted octanol–water partition coefficient (Wildman–Crippen LogP) is 4.23. The molecule has 12 heteroatoms. The fraction of sp³-hybridized carbons (Fsp3) is 0.280. The van der Waals surface area contributed by atoms with Crippen molar-refractivity contribution in [3.05, 3.63) is 73.6 Å². The van der Waals surface area contributed by atoms with Gasteiger partial charge in [-0.3, -0.25) is 4.79 Å². The van der Waals surface area contributed by atoms with Crippen LogP contribution in [0.25, 0.3) is 5.57 Å². The SMILES string of the molecule is O=C(O)CC1CCN(c2nc(O)c(C(Cc3ccc(Cl)cc3C(F)(F)F)=c3ccc4c(c3)C=NN=4)s2)C1. The van der Waals surface area contributed by atoms with Crippen LogP contribution in [0.4, 0.5) is 18.3 Å². The van der Waals surface area contributed by atoms with Gasteiger partial charge in [0.15, 0.2) is 5.13 Å². The summed E-state index contributed by atoms with van der Waals surface area (Å²) in [5, 5.41) is 29.5. The topological polar surface area (TPSA) is 98.4 Å². The molecule has 37 heavy (non-hydrogen) atoms. The molecule has 3 heterocycles. The van der Waals surface area contributed by atoms with Gasteiger partial charge < -0.3 is 15.1 Å². The number of carboxylic acid groups (broad SMARTS) is 1. The summed E-state index contributed by atoms with van der Waals surface area (Å²) < 4.78 is 41.6. The number of carbonyl (C=O) groups is 1. The van der Waals surface area contributed by atoms with Gasteiger partial charge in [-0.25, -0.2) is 0 Å². The molecule has 0 aliphatic carbocycles. The highest BCUT2D eigenvalue weighted by atomic mass is 35.5. The van der Waals surface area contributed by atoms with Crippen LogP contribution in [-0.2, 0) is 17.4 Å². The van der Waals surface area contributed by atoms with Crippen LogP contribution in [0.5, 0.6) is 5.88 Å². The van der Waals surface area contributed by atoms with Crippen molar-refractivity contribution in [2.75, 3.05) is 18.0 Å². The van der Waals surface area contributed by atoms with E-state index in [2.05, 4.69) is 15.2 Å². The molecular formula is C25H20ClF3N4O3S. The van der Waals surface area contributed by atoms with Crippen LogP contribution in [0.3, 0.4) is 0 Å². The largest absolute Gasteiger partial charge is 0.492 e. The maximum Gasteiger partial charge on any atom is 0.416 e. The molecule has 0 amide bonds. The van der Waals surface area contributed by atoms with Crippen LogP contribution >= 0.6 is 22.9 Å². The molecule has 2 N–H and O–H groups in total. The fourth-order valence-electron chi connectivity index (χ4n) is 4.61. The van der Waals surface area contributed by atoms with Gasteiger partial charge in [0.05, 0.1) is 22.0 Å². The van der Waals surface area contributed by atoms with Gasteiger partial charge in [-0.05, 0) is 53.0 Å². The van der Waals surface area contributed by atoms with Crippen LogP contribution in [0.1, 0.15) is 34.4 Å². The number of hydrogen-bond donors (Lipinski definition) is 2. The number of benzene rings is 2. The number of hydrogen-bond acceptors (Lipinski definition) is 7. The first-order chi connectivity index (χ1) is 17.6. The van der Waals surface area contributed by atoms with E-state index in [-0.39, 0.29) is 35.2 Å². The average molecular weight is 549 g/mol. The number of thiazole rings is 1. The molecule has 192 valence electrons. The lowest BCUT2D eigenvalue weighted by Gasteiger charge is -2.15. The van der Waals surface area contributed by atoms with Gasteiger partial charge in [0.1, 0.15) is 0 Å². The minimum absolute atomic E-state index is 0.00259. The molecule has 0 radical (unpaired) electrons. The van der Waals surface area contributed by atoms with E-state index in [1.165, 1.54) is 23.5 Å². The standard InChI is InChI=1S/C25H20ClF3N4O3S/c26-17-3-1-15(19(10-17)25(27,28)29)9-18(14-2-4-20-16(8-14)11-30-32-20)22-23(36)31-24(37-22)33-6-5-13(12-33)7-21(34)35/h1-4,8,10-11,13,36H,5-7,9,12H2,(H,34,35). The van der Waals surface area contributed by atoms with Gasteiger partial charge in [-0.2, -0.15) is 28.4 Å². The molecule has 1 atom stereocenters. The molecular weight excluding hydrogens is 529 g/mol.